The predicted molar refractivity (Wildman–Crippen MR) is 97.2 cm³/mol. The maximum absolute atomic E-state index is 12.1. The summed E-state index contributed by atoms with van der Waals surface area (Å²) in [6, 6.07) is 5.30. The van der Waals surface area contributed by atoms with Crippen LogP contribution < -0.4 is 10.1 Å². The number of carbonyl (C=O) groups excluding carboxylic acids is 1. The highest BCUT2D eigenvalue weighted by molar-refractivity contribution is 7.18. The maximum atomic E-state index is 12.1. The molecule has 0 aliphatic heterocycles. The van der Waals surface area contributed by atoms with Gasteiger partial charge in [0.25, 0.3) is 5.91 Å². The van der Waals surface area contributed by atoms with Crippen LogP contribution in [0, 0.1) is 20.8 Å². The van der Waals surface area contributed by atoms with Crippen molar-refractivity contribution in [1.29, 1.82) is 0 Å². The van der Waals surface area contributed by atoms with Crippen LogP contribution in [0.5, 0.6) is 5.88 Å². The number of benzene rings is 1. The average Bonchev–Trinajstić information content (AvgIpc) is 2.83. The number of thiophene rings is 1. The van der Waals surface area contributed by atoms with Crippen molar-refractivity contribution in [2.24, 2.45) is 0 Å². The summed E-state index contributed by atoms with van der Waals surface area (Å²) < 4.78 is 5.63. The van der Waals surface area contributed by atoms with Gasteiger partial charge in [-0.05, 0) is 50.1 Å². The average molecular weight is 362 g/mol. The molecule has 7 heteroatoms. The largest absolute Gasteiger partial charge is 0.467 e. The van der Waals surface area contributed by atoms with E-state index >= 15 is 0 Å². The van der Waals surface area contributed by atoms with Gasteiger partial charge in [-0.2, -0.15) is 0 Å². The molecule has 1 N–H and O–H groups in total. The molecule has 3 aromatic rings. The number of nitrogens with one attached hydrogen (secondary N) is 1. The lowest BCUT2D eigenvalue weighted by atomic mass is 10.2. The second kappa shape index (κ2) is 6.75. The standard InChI is InChI=1S/C17H16ClN3O2S/c1-9-6-12(18)4-5-13(9)21-14(22)7-23-16-15-10(2)11(3)24-17(15)20-8-19-16/h4-6,8H,7H2,1-3H3,(H,21,22). The summed E-state index contributed by atoms with van der Waals surface area (Å²) in [5.41, 5.74) is 2.69. The van der Waals surface area contributed by atoms with Gasteiger partial charge >= 0.3 is 0 Å². The number of aryl methyl sites for hydroxylation is 3. The normalized spacial score (nSPS) is 10.8. The lowest BCUT2D eigenvalue weighted by Gasteiger charge is -2.10. The first-order chi connectivity index (χ1) is 11.5. The third kappa shape index (κ3) is 3.34. The Kier molecular flexibility index (Phi) is 4.69. The van der Waals surface area contributed by atoms with Crippen LogP contribution in [-0.2, 0) is 4.79 Å². The van der Waals surface area contributed by atoms with Gasteiger partial charge in [0.1, 0.15) is 11.2 Å². The molecule has 0 aliphatic carbocycles. The molecule has 0 atom stereocenters. The Morgan fingerprint density at radius 2 is 2.08 bits per heavy atom. The van der Waals surface area contributed by atoms with E-state index in [2.05, 4.69) is 15.3 Å². The lowest BCUT2D eigenvalue weighted by Crippen LogP contribution is -2.21. The van der Waals surface area contributed by atoms with Crippen LogP contribution in [0.1, 0.15) is 16.0 Å². The Morgan fingerprint density at radius 1 is 1.29 bits per heavy atom. The Bertz CT molecular complexity index is 924. The molecule has 0 saturated heterocycles. The van der Waals surface area contributed by atoms with Gasteiger partial charge in [-0.3, -0.25) is 4.79 Å². The first kappa shape index (κ1) is 16.7. The van der Waals surface area contributed by atoms with Crippen molar-refractivity contribution in [3.63, 3.8) is 0 Å². The number of hydrogen-bond acceptors (Lipinski definition) is 5. The van der Waals surface area contributed by atoms with Crippen molar-refractivity contribution in [3.8, 4) is 5.88 Å². The first-order valence-corrected chi connectivity index (χ1v) is 8.54. The molecule has 0 bridgehead atoms. The van der Waals surface area contributed by atoms with Crippen molar-refractivity contribution < 1.29 is 9.53 Å². The molecule has 0 aliphatic rings. The van der Waals surface area contributed by atoms with Crippen molar-refractivity contribution in [2.75, 3.05) is 11.9 Å². The molecule has 0 spiro atoms. The minimum atomic E-state index is -0.253. The molecule has 5 nitrogen and oxygen atoms in total. The minimum Gasteiger partial charge on any atom is -0.467 e. The fourth-order valence-electron chi connectivity index (χ4n) is 2.35. The smallest absolute Gasteiger partial charge is 0.262 e. The zero-order chi connectivity index (χ0) is 17.3. The van der Waals surface area contributed by atoms with Crippen molar-refractivity contribution in [1.82, 2.24) is 9.97 Å². The van der Waals surface area contributed by atoms with E-state index in [1.807, 2.05) is 20.8 Å². The van der Waals surface area contributed by atoms with E-state index in [9.17, 15) is 4.79 Å². The van der Waals surface area contributed by atoms with E-state index in [4.69, 9.17) is 16.3 Å². The van der Waals surface area contributed by atoms with Gasteiger partial charge in [-0.1, -0.05) is 11.6 Å². The summed E-state index contributed by atoms with van der Waals surface area (Å²) in [5.74, 6) is 0.182. The summed E-state index contributed by atoms with van der Waals surface area (Å²) in [5, 5.41) is 4.32. The molecule has 0 saturated carbocycles. The molecule has 3 rings (SSSR count). The summed E-state index contributed by atoms with van der Waals surface area (Å²) >= 11 is 7.51. The number of carbonyl (C=O) groups is 1. The van der Waals surface area contributed by atoms with Crippen LogP contribution in [0.25, 0.3) is 10.2 Å². The number of fused-ring (bicyclic) bond motifs is 1. The lowest BCUT2D eigenvalue weighted by molar-refractivity contribution is -0.118. The highest BCUT2D eigenvalue weighted by Gasteiger charge is 2.14. The zero-order valence-corrected chi connectivity index (χ0v) is 15.1. The van der Waals surface area contributed by atoms with Crippen molar-refractivity contribution in [2.45, 2.75) is 20.8 Å². The Hall–Kier alpha value is -2.18. The number of anilines is 1. The number of hydrogen-bond donors (Lipinski definition) is 1. The second-order valence-corrected chi connectivity index (χ2v) is 7.08. The number of halogens is 1. The van der Waals surface area contributed by atoms with Crippen LogP contribution >= 0.6 is 22.9 Å². The molecular formula is C17H16ClN3O2S. The summed E-state index contributed by atoms with van der Waals surface area (Å²) in [6.07, 6.45) is 1.45. The summed E-state index contributed by atoms with van der Waals surface area (Å²) in [7, 11) is 0. The number of ether oxygens (including phenoxy) is 1. The summed E-state index contributed by atoms with van der Waals surface area (Å²) in [4.78, 5) is 22.6. The Labute approximate surface area is 148 Å². The van der Waals surface area contributed by atoms with E-state index in [1.54, 1.807) is 29.5 Å². The highest BCUT2D eigenvalue weighted by Crippen LogP contribution is 2.33. The molecule has 2 aromatic heterocycles. The molecule has 124 valence electrons. The fraction of sp³-hybridized carbons (Fsp3) is 0.235. The van der Waals surface area contributed by atoms with Gasteiger partial charge in [0.05, 0.1) is 5.39 Å². The maximum Gasteiger partial charge on any atom is 0.262 e. The van der Waals surface area contributed by atoms with E-state index in [-0.39, 0.29) is 12.5 Å². The van der Waals surface area contributed by atoms with Crippen molar-refractivity contribution in [3.05, 3.63) is 45.6 Å². The van der Waals surface area contributed by atoms with Gasteiger partial charge in [0, 0.05) is 15.6 Å². The number of amides is 1. The number of nitrogens with zero attached hydrogens (tertiary/aromatic N) is 2. The highest BCUT2D eigenvalue weighted by atomic mass is 35.5. The van der Waals surface area contributed by atoms with Crippen LogP contribution in [0.3, 0.4) is 0 Å². The number of rotatable bonds is 4. The van der Waals surface area contributed by atoms with E-state index in [1.165, 1.54) is 6.33 Å². The van der Waals surface area contributed by atoms with E-state index in [0.29, 0.717) is 16.6 Å². The molecule has 0 unspecified atom stereocenters. The Balaban J connectivity index is 1.73. The second-order valence-electron chi connectivity index (χ2n) is 5.44. The van der Waals surface area contributed by atoms with E-state index < -0.39 is 0 Å². The van der Waals surface area contributed by atoms with Crippen LogP contribution in [-0.4, -0.2) is 22.5 Å². The van der Waals surface area contributed by atoms with Crippen molar-refractivity contribution >= 4 is 44.7 Å². The topological polar surface area (TPSA) is 64.1 Å². The molecule has 1 aromatic carbocycles. The zero-order valence-electron chi connectivity index (χ0n) is 13.5. The molecule has 0 fully saturated rings. The van der Waals surface area contributed by atoms with Gasteiger partial charge in [0.15, 0.2) is 6.61 Å². The van der Waals surface area contributed by atoms with Crippen LogP contribution in [0.4, 0.5) is 5.69 Å². The van der Waals surface area contributed by atoms with Gasteiger partial charge in [0.2, 0.25) is 5.88 Å². The Morgan fingerprint density at radius 3 is 2.83 bits per heavy atom. The molecular weight excluding hydrogens is 346 g/mol. The number of aromatic nitrogens is 2. The van der Waals surface area contributed by atoms with E-state index in [0.717, 1.165) is 26.2 Å². The SMILES string of the molecule is Cc1cc(Cl)ccc1NC(=O)COc1ncnc2sc(C)c(C)c12. The van der Waals surface area contributed by atoms with Gasteiger partial charge in [-0.25, -0.2) is 9.97 Å². The van der Waals surface area contributed by atoms with Gasteiger partial charge < -0.3 is 10.1 Å². The quantitative estimate of drug-likeness (QED) is 0.753. The first-order valence-electron chi connectivity index (χ1n) is 7.35. The predicted octanol–water partition coefficient (Wildman–Crippen LogP) is 4.29. The molecule has 1 amide bonds. The fourth-order valence-corrected chi connectivity index (χ4v) is 3.56. The molecule has 2 heterocycles. The summed E-state index contributed by atoms with van der Waals surface area (Å²) in [6.45, 7) is 5.79. The molecule has 0 radical (unpaired) electrons. The van der Waals surface area contributed by atoms with Gasteiger partial charge in [-0.15, -0.1) is 11.3 Å². The van der Waals surface area contributed by atoms with Crippen LogP contribution in [0.15, 0.2) is 24.5 Å². The minimum absolute atomic E-state index is 0.123. The molecule has 24 heavy (non-hydrogen) atoms. The monoisotopic (exact) mass is 361 g/mol. The third-order valence-corrected chi connectivity index (χ3v) is 5.08. The van der Waals surface area contributed by atoms with Crippen LogP contribution in [0.2, 0.25) is 5.02 Å². The third-order valence-electron chi connectivity index (χ3n) is 3.73.